The Morgan fingerprint density at radius 1 is 0.865 bits per heavy atom. The third-order valence-electron chi connectivity index (χ3n) is 5.09. The van der Waals surface area contributed by atoms with E-state index in [4.69, 9.17) is 22.9 Å². The molecule has 0 spiro atoms. The standard InChI is InChI=1S/C22H34N8O7/c23-11-18(33)28-14(2-1-9-27-22(25)26)19(34)30-16(10-12-3-5-13(31)6-4-12)20(35)29-15(21(36)37)7-8-17(24)32/h3-6,14-16,31H,1-2,7-11,23H2,(H2,24,32)(H,28,33)(H,29,35)(H,30,34)(H,36,37)(H4,25,26,27). The number of nitrogens with two attached hydrogens (primary N) is 4. The molecule has 0 bridgehead atoms. The van der Waals surface area contributed by atoms with Crippen molar-refractivity contribution < 1.29 is 34.2 Å². The van der Waals surface area contributed by atoms with Crippen molar-refractivity contribution in [2.24, 2.45) is 27.9 Å². The summed E-state index contributed by atoms with van der Waals surface area (Å²) < 4.78 is 0. The highest BCUT2D eigenvalue weighted by atomic mass is 16.4. The largest absolute Gasteiger partial charge is 0.508 e. The van der Waals surface area contributed by atoms with Crippen LogP contribution in [0.5, 0.6) is 5.75 Å². The molecule has 0 aliphatic heterocycles. The van der Waals surface area contributed by atoms with Gasteiger partial charge in [0.25, 0.3) is 0 Å². The Kier molecular flexibility index (Phi) is 12.9. The molecular weight excluding hydrogens is 488 g/mol. The maximum atomic E-state index is 13.1. The number of phenolic OH excluding ortho intramolecular Hbond substituents is 1. The van der Waals surface area contributed by atoms with Gasteiger partial charge in [0.15, 0.2) is 5.96 Å². The zero-order chi connectivity index (χ0) is 28.0. The van der Waals surface area contributed by atoms with Crippen LogP contribution in [-0.4, -0.2) is 77.0 Å². The van der Waals surface area contributed by atoms with Gasteiger partial charge < -0.3 is 49.1 Å². The Balaban J connectivity index is 3.11. The predicted molar refractivity (Wildman–Crippen MR) is 133 cm³/mol. The van der Waals surface area contributed by atoms with Gasteiger partial charge in [-0.1, -0.05) is 12.1 Å². The number of amides is 4. The van der Waals surface area contributed by atoms with Crippen LogP contribution in [0.4, 0.5) is 0 Å². The summed E-state index contributed by atoms with van der Waals surface area (Å²) in [5.41, 5.74) is 21.5. The fraction of sp³-hybridized carbons (Fsp3) is 0.455. The Morgan fingerprint density at radius 3 is 2.00 bits per heavy atom. The maximum Gasteiger partial charge on any atom is 0.326 e. The summed E-state index contributed by atoms with van der Waals surface area (Å²) in [6.07, 6.45) is -0.195. The first-order valence-electron chi connectivity index (χ1n) is 11.4. The van der Waals surface area contributed by atoms with Crippen LogP contribution in [0.3, 0.4) is 0 Å². The molecule has 13 N–H and O–H groups in total. The molecular formula is C22H34N8O7. The molecule has 4 amide bonds. The summed E-state index contributed by atoms with van der Waals surface area (Å²) in [5, 5.41) is 26.2. The number of phenols is 1. The van der Waals surface area contributed by atoms with Crippen LogP contribution in [0.25, 0.3) is 0 Å². The number of primary amides is 1. The highest BCUT2D eigenvalue weighted by Crippen LogP contribution is 2.12. The van der Waals surface area contributed by atoms with Crippen molar-refractivity contribution in [1.29, 1.82) is 0 Å². The first-order chi connectivity index (χ1) is 17.4. The number of hydrogen-bond acceptors (Lipinski definition) is 8. The maximum absolute atomic E-state index is 13.1. The minimum Gasteiger partial charge on any atom is -0.508 e. The highest BCUT2D eigenvalue weighted by molar-refractivity contribution is 5.93. The number of carbonyl (C=O) groups excluding carboxylic acids is 4. The van der Waals surface area contributed by atoms with Crippen molar-refractivity contribution in [3.05, 3.63) is 29.8 Å². The van der Waals surface area contributed by atoms with Crippen molar-refractivity contribution in [3.8, 4) is 5.75 Å². The molecule has 1 aromatic carbocycles. The lowest BCUT2D eigenvalue weighted by molar-refractivity contribution is -0.142. The van der Waals surface area contributed by atoms with Crippen molar-refractivity contribution >= 4 is 35.6 Å². The number of carboxylic acids is 1. The molecule has 3 unspecified atom stereocenters. The second kappa shape index (κ2) is 15.6. The Morgan fingerprint density at radius 2 is 1.46 bits per heavy atom. The molecule has 0 radical (unpaired) electrons. The van der Waals surface area contributed by atoms with Crippen LogP contribution in [0, 0.1) is 0 Å². The lowest BCUT2D eigenvalue weighted by Gasteiger charge is -2.24. The van der Waals surface area contributed by atoms with Crippen LogP contribution >= 0.6 is 0 Å². The lowest BCUT2D eigenvalue weighted by atomic mass is 10.0. The van der Waals surface area contributed by atoms with Gasteiger partial charge in [-0.3, -0.25) is 24.2 Å². The number of aliphatic imine (C=N–C) groups is 1. The predicted octanol–water partition coefficient (Wildman–Crippen LogP) is -3.25. The molecule has 204 valence electrons. The minimum absolute atomic E-state index is 0.0171. The van der Waals surface area contributed by atoms with Crippen LogP contribution < -0.4 is 38.9 Å². The number of guanidine groups is 1. The first kappa shape index (κ1) is 30.6. The Labute approximate surface area is 213 Å². The third kappa shape index (κ3) is 12.2. The molecule has 0 aliphatic rings. The molecule has 1 aromatic rings. The number of benzene rings is 1. The van der Waals surface area contributed by atoms with Gasteiger partial charge in [-0.25, -0.2) is 4.79 Å². The number of carboxylic acid groups (broad SMARTS) is 1. The van der Waals surface area contributed by atoms with Gasteiger partial charge in [0.05, 0.1) is 6.54 Å². The van der Waals surface area contributed by atoms with E-state index in [0.717, 1.165) is 0 Å². The van der Waals surface area contributed by atoms with E-state index in [0.29, 0.717) is 12.0 Å². The van der Waals surface area contributed by atoms with Gasteiger partial charge in [0.1, 0.15) is 23.9 Å². The van der Waals surface area contributed by atoms with Gasteiger partial charge >= 0.3 is 5.97 Å². The molecule has 15 nitrogen and oxygen atoms in total. The highest BCUT2D eigenvalue weighted by Gasteiger charge is 2.29. The summed E-state index contributed by atoms with van der Waals surface area (Å²) in [4.78, 5) is 64.4. The molecule has 37 heavy (non-hydrogen) atoms. The number of hydrogen-bond donors (Lipinski definition) is 9. The fourth-order valence-electron chi connectivity index (χ4n) is 3.19. The minimum atomic E-state index is -1.44. The van der Waals surface area contributed by atoms with Crippen molar-refractivity contribution in [2.45, 2.75) is 50.2 Å². The molecule has 0 aliphatic carbocycles. The zero-order valence-corrected chi connectivity index (χ0v) is 20.2. The average molecular weight is 523 g/mol. The Bertz CT molecular complexity index is 980. The van der Waals surface area contributed by atoms with Crippen LogP contribution in [-0.2, 0) is 30.4 Å². The first-order valence-corrected chi connectivity index (χ1v) is 11.4. The molecule has 0 fully saturated rings. The summed E-state index contributed by atoms with van der Waals surface area (Å²) in [6.45, 7) is -0.197. The van der Waals surface area contributed by atoms with E-state index >= 15 is 0 Å². The third-order valence-corrected chi connectivity index (χ3v) is 5.09. The van der Waals surface area contributed by atoms with E-state index in [9.17, 15) is 34.2 Å². The summed E-state index contributed by atoms with van der Waals surface area (Å²) in [7, 11) is 0. The van der Waals surface area contributed by atoms with Gasteiger partial charge in [0, 0.05) is 19.4 Å². The van der Waals surface area contributed by atoms with Gasteiger partial charge in [-0.05, 0) is 37.0 Å². The van der Waals surface area contributed by atoms with E-state index in [-0.39, 0.29) is 50.5 Å². The van der Waals surface area contributed by atoms with Crippen molar-refractivity contribution in [2.75, 3.05) is 13.1 Å². The summed E-state index contributed by atoms with van der Waals surface area (Å²) in [6, 6.07) is 2.00. The second-order valence-electron chi connectivity index (χ2n) is 8.11. The molecule has 0 aromatic heterocycles. The SMILES string of the molecule is NCC(=O)NC(CCCN=C(N)N)C(=O)NC(Cc1ccc(O)cc1)C(=O)NC(CCC(N)=O)C(=O)O. The Hall–Kier alpha value is -4.40. The molecule has 3 atom stereocenters. The topological polar surface area (TPSA) is 278 Å². The van der Waals surface area contributed by atoms with Gasteiger partial charge in [-0.15, -0.1) is 0 Å². The fourth-order valence-corrected chi connectivity index (χ4v) is 3.19. The van der Waals surface area contributed by atoms with Crippen LogP contribution in [0.1, 0.15) is 31.2 Å². The number of aliphatic carboxylic acids is 1. The summed E-state index contributed by atoms with van der Waals surface area (Å²) in [5.74, 6) is -4.47. The van der Waals surface area contributed by atoms with Crippen molar-refractivity contribution in [3.63, 3.8) is 0 Å². The number of carbonyl (C=O) groups is 5. The smallest absolute Gasteiger partial charge is 0.326 e. The lowest BCUT2D eigenvalue weighted by Crippen LogP contribution is -2.56. The normalized spacial score (nSPS) is 12.9. The summed E-state index contributed by atoms with van der Waals surface area (Å²) >= 11 is 0. The van der Waals surface area contributed by atoms with E-state index in [2.05, 4.69) is 20.9 Å². The number of rotatable bonds is 16. The van der Waals surface area contributed by atoms with E-state index in [1.54, 1.807) is 0 Å². The molecule has 0 heterocycles. The molecule has 0 saturated heterocycles. The average Bonchev–Trinajstić information content (AvgIpc) is 2.83. The second-order valence-corrected chi connectivity index (χ2v) is 8.11. The van der Waals surface area contributed by atoms with Crippen LogP contribution in [0.15, 0.2) is 29.3 Å². The molecule has 15 heteroatoms. The zero-order valence-electron chi connectivity index (χ0n) is 20.2. The monoisotopic (exact) mass is 522 g/mol. The van der Waals surface area contributed by atoms with Gasteiger partial charge in [0.2, 0.25) is 23.6 Å². The number of nitrogens with zero attached hydrogens (tertiary/aromatic N) is 1. The van der Waals surface area contributed by atoms with Gasteiger partial charge in [-0.2, -0.15) is 0 Å². The van der Waals surface area contributed by atoms with E-state index < -0.39 is 47.7 Å². The molecule has 0 saturated carbocycles. The molecule has 1 rings (SSSR count). The quantitative estimate of drug-likeness (QED) is 0.0593. The van der Waals surface area contributed by atoms with Crippen molar-refractivity contribution in [1.82, 2.24) is 16.0 Å². The number of aromatic hydroxyl groups is 1. The van der Waals surface area contributed by atoms with E-state index in [1.165, 1.54) is 24.3 Å². The van der Waals surface area contributed by atoms with Crippen LogP contribution in [0.2, 0.25) is 0 Å². The van der Waals surface area contributed by atoms with E-state index in [1.807, 2.05) is 0 Å². The number of nitrogens with one attached hydrogen (secondary N) is 3.